The third-order valence-electron chi connectivity index (χ3n) is 6.44. The van der Waals surface area contributed by atoms with Gasteiger partial charge in [0.15, 0.2) is 11.5 Å². The zero-order valence-corrected chi connectivity index (χ0v) is 18.3. The molecule has 7 nitrogen and oxygen atoms in total. The number of ether oxygens (including phenoxy) is 2. The van der Waals surface area contributed by atoms with Gasteiger partial charge in [-0.1, -0.05) is 18.9 Å². The average molecular weight is 419 g/mol. The SMILES string of the molecule is COc1ccc(CCN2C[C@H](C(=O)N(C)C[C@H]3CCCC[C@H]3O)CC2=O)cc1OC. The van der Waals surface area contributed by atoms with Crippen LogP contribution in [0.4, 0.5) is 0 Å². The van der Waals surface area contributed by atoms with E-state index in [1.54, 1.807) is 31.1 Å². The summed E-state index contributed by atoms with van der Waals surface area (Å²) in [6, 6.07) is 5.75. The first-order valence-electron chi connectivity index (χ1n) is 10.8. The lowest BCUT2D eigenvalue weighted by molar-refractivity contribution is -0.135. The zero-order valence-electron chi connectivity index (χ0n) is 18.3. The van der Waals surface area contributed by atoms with Crippen LogP contribution in [0.15, 0.2) is 18.2 Å². The minimum atomic E-state index is -0.322. The molecule has 0 bridgehead atoms. The quantitative estimate of drug-likeness (QED) is 0.700. The fourth-order valence-electron chi connectivity index (χ4n) is 4.61. The molecule has 2 fully saturated rings. The van der Waals surface area contributed by atoms with Crippen molar-refractivity contribution in [2.24, 2.45) is 11.8 Å². The van der Waals surface area contributed by atoms with Crippen molar-refractivity contribution in [2.45, 2.75) is 44.6 Å². The third kappa shape index (κ3) is 5.25. The van der Waals surface area contributed by atoms with Crippen LogP contribution in [0.3, 0.4) is 0 Å². The van der Waals surface area contributed by atoms with Gasteiger partial charge in [-0.3, -0.25) is 9.59 Å². The van der Waals surface area contributed by atoms with Gasteiger partial charge in [0, 0.05) is 39.0 Å². The Labute approximate surface area is 178 Å². The number of benzene rings is 1. The highest BCUT2D eigenvalue weighted by atomic mass is 16.5. The molecule has 1 aliphatic carbocycles. The van der Waals surface area contributed by atoms with E-state index in [0.29, 0.717) is 37.6 Å². The van der Waals surface area contributed by atoms with E-state index in [0.717, 1.165) is 31.2 Å². The number of aliphatic hydroxyl groups excluding tert-OH is 1. The molecule has 2 aliphatic rings. The van der Waals surface area contributed by atoms with Crippen LogP contribution in [-0.2, 0) is 16.0 Å². The van der Waals surface area contributed by atoms with E-state index in [2.05, 4.69) is 0 Å². The van der Waals surface area contributed by atoms with Gasteiger partial charge >= 0.3 is 0 Å². The number of nitrogens with zero attached hydrogens (tertiary/aromatic N) is 2. The molecule has 0 radical (unpaired) electrons. The van der Waals surface area contributed by atoms with Crippen LogP contribution >= 0.6 is 0 Å². The van der Waals surface area contributed by atoms with Crippen molar-refractivity contribution in [1.82, 2.24) is 9.80 Å². The van der Waals surface area contributed by atoms with Crippen LogP contribution in [0.2, 0.25) is 0 Å². The first-order chi connectivity index (χ1) is 14.4. The zero-order chi connectivity index (χ0) is 21.7. The molecule has 0 unspecified atom stereocenters. The standard InChI is InChI=1S/C23H34N2O5/c1-24(14-17-6-4-5-7-19(17)26)23(28)18-13-22(27)25(15-18)11-10-16-8-9-20(29-2)21(12-16)30-3/h8-9,12,17-19,26H,4-7,10-11,13-15H2,1-3H3/t17-,18-,19-/m1/s1. The van der Waals surface area contributed by atoms with Crippen molar-refractivity contribution in [1.29, 1.82) is 0 Å². The molecule has 1 heterocycles. The monoisotopic (exact) mass is 418 g/mol. The predicted octanol–water partition coefficient (Wildman–Crippen LogP) is 2.10. The molecule has 1 aromatic carbocycles. The lowest BCUT2D eigenvalue weighted by Crippen LogP contribution is -2.41. The van der Waals surface area contributed by atoms with Gasteiger partial charge in [-0.2, -0.15) is 0 Å². The van der Waals surface area contributed by atoms with Crippen molar-refractivity contribution in [2.75, 3.05) is 40.9 Å². The number of aliphatic hydroxyl groups is 1. The fraction of sp³-hybridized carbons (Fsp3) is 0.652. The van der Waals surface area contributed by atoms with Crippen molar-refractivity contribution in [3.05, 3.63) is 23.8 Å². The molecule has 166 valence electrons. The number of methoxy groups -OCH3 is 2. The maximum absolute atomic E-state index is 12.9. The normalized spacial score (nSPS) is 24.1. The van der Waals surface area contributed by atoms with E-state index >= 15 is 0 Å². The number of carbonyl (C=O) groups is 2. The summed E-state index contributed by atoms with van der Waals surface area (Å²) in [5, 5.41) is 10.2. The Morgan fingerprint density at radius 2 is 1.93 bits per heavy atom. The molecule has 1 N–H and O–H groups in total. The summed E-state index contributed by atoms with van der Waals surface area (Å²) < 4.78 is 10.6. The van der Waals surface area contributed by atoms with Crippen LogP contribution in [0, 0.1) is 11.8 Å². The highest BCUT2D eigenvalue weighted by Gasteiger charge is 2.36. The molecule has 7 heteroatoms. The number of amides is 2. The largest absolute Gasteiger partial charge is 0.493 e. The maximum Gasteiger partial charge on any atom is 0.227 e. The van der Waals surface area contributed by atoms with E-state index in [1.807, 2.05) is 18.2 Å². The molecule has 30 heavy (non-hydrogen) atoms. The number of hydrogen-bond donors (Lipinski definition) is 1. The van der Waals surface area contributed by atoms with Gasteiger partial charge in [-0.25, -0.2) is 0 Å². The molecular formula is C23H34N2O5. The van der Waals surface area contributed by atoms with Crippen LogP contribution in [-0.4, -0.2) is 73.7 Å². The molecule has 1 saturated heterocycles. The number of rotatable bonds is 8. The first-order valence-corrected chi connectivity index (χ1v) is 10.8. The highest BCUT2D eigenvalue weighted by Crippen LogP contribution is 2.29. The summed E-state index contributed by atoms with van der Waals surface area (Å²) in [6.45, 7) is 1.60. The molecule has 0 spiro atoms. The summed E-state index contributed by atoms with van der Waals surface area (Å²) in [5.41, 5.74) is 1.05. The Balaban J connectivity index is 1.52. The van der Waals surface area contributed by atoms with Crippen molar-refractivity contribution < 1.29 is 24.2 Å². The predicted molar refractivity (Wildman–Crippen MR) is 114 cm³/mol. The van der Waals surface area contributed by atoms with E-state index in [-0.39, 0.29) is 36.2 Å². The van der Waals surface area contributed by atoms with Gasteiger partial charge in [0.2, 0.25) is 11.8 Å². The Morgan fingerprint density at radius 3 is 2.63 bits per heavy atom. The van der Waals surface area contributed by atoms with Crippen LogP contribution in [0.5, 0.6) is 11.5 Å². The van der Waals surface area contributed by atoms with Gasteiger partial charge in [0.25, 0.3) is 0 Å². The van der Waals surface area contributed by atoms with Gasteiger partial charge < -0.3 is 24.4 Å². The van der Waals surface area contributed by atoms with E-state index in [4.69, 9.17) is 9.47 Å². The van der Waals surface area contributed by atoms with E-state index in [1.165, 1.54) is 0 Å². The number of carbonyl (C=O) groups excluding carboxylic acids is 2. The highest BCUT2D eigenvalue weighted by molar-refractivity contribution is 5.89. The van der Waals surface area contributed by atoms with Gasteiger partial charge in [-0.05, 0) is 37.0 Å². The molecule has 3 rings (SSSR count). The minimum absolute atomic E-state index is 0.00902. The average Bonchev–Trinajstić information content (AvgIpc) is 3.13. The second-order valence-corrected chi connectivity index (χ2v) is 8.51. The molecule has 1 aliphatic heterocycles. The topological polar surface area (TPSA) is 79.3 Å². The lowest BCUT2D eigenvalue weighted by atomic mass is 9.86. The Kier molecular flexibility index (Phi) is 7.58. The summed E-state index contributed by atoms with van der Waals surface area (Å²) >= 11 is 0. The Hall–Kier alpha value is -2.28. The van der Waals surface area contributed by atoms with Gasteiger partial charge in [0.05, 0.1) is 26.2 Å². The second kappa shape index (κ2) is 10.2. The molecule has 1 aromatic rings. The molecule has 0 aromatic heterocycles. The third-order valence-corrected chi connectivity index (χ3v) is 6.44. The van der Waals surface area contributed by atoms with Crippen molar-refractivity contribution >= 4 is 11.8 Å². The smallest absolute Gasteiger partial charge is 0.227 e. The molecular weight excluding hydrogens is 384 g/mol. The van der Waals surface area contributed by atoms with Crippen LogP contribution in [0.1, 0.15) is 37.7 Å². The fourth-order valence-corrected chi connectivity index (χ4v) is 4.61. The number of hydrogen-bond acceptors (Lipinski definition) is 5. The van der Waals surface area contributed by atoms with Crippen LogP contribution in [0.25, 0.3) is 0 Å². The Morgan fingerprint density at radius 1 is 1.20 bits per heavy atom. The minimum Gasteiger partial charge on any atom is -0.493 e. The molecule has 3 atom stereocenters. The summed E-state index contributed by atoms with van der Waals surface area (Å²) in [4.78, 5) is 28.8. The van der Waals surface area contributed by atoms with Gasteiger partial charge in [-0.15, -0.1) is 0 Å². The number of likely N-dealkylation sites (tertiary alicyclic amines) is 1. The van der Waals surface area contributed by atoms with E-state index < -0.39 is 0 Å². The maximum atomic E-state index is 12.9. The van der Waals surface area contributed by atoms with Crippen molar-refractivity contribution in [3.63, 3.8) is 0 Å². The lowest BCUT2D eigenvalue weighted by Gasteiger charge is -2.32. The van der Waals surface area contributed by atoms with Crippen LogP contribution < -0.4 is 9.47 Å². The Bertz CT molecular complexity index is 753. The summed E-state index contributed by atoms with van der Waals surface area (Å²) in [5.74, 6) is 1.23. The molecule has 2 amide bonds. The summed E-state index contributed by atoms with van der Waals surface area (Å²) in [6.07, 6.45) is 4.58. The summed E-state index contributed by atoms with van der Waals surface area (Å²) in [7, 11) is 4.99. The molecule has 1 saturated carbocycles. The van der Waals surface area contributed by atoms with Gasteiger partial charge in [0.1, 0.15) is 0 Å². The second-order valence-electron chi connectivity index (χ2n) is 8.51. The first kappa shape index (κ1) is 22.4. The van der Waals surface area contributed by atoms with Crippen molar-refractivity contribution in [3.8, 4) is 11.5 Å². The van der Waals surface area contributed by atoms with E-state index in [9.17, 15) is 14.7 Å².